The molecule has 0 aliphatic rings. The van der Waals surface area contributed by atoms with E-state index in [1.54, 1.807) is 13.8 Å². The van der Waals surface area contributed by atoms with Crippen LogP contribution in [0.3, 0.4) is 0 Å². The van der Waals surface area contributed by atoms with Gasteiger partial charge in [0, 0.05) is 6.04 Å². The molecule has 0 amide bonds. The first-order valence-electron chi connectivity index (χ1n) is 6.45. The fourth-order valence-corrected chi connectivity index (χ4v) is 2.71. The zero-order valence-electron chi connectivity index (χ0n) is 12.1. The maximum Gasteiger partial charge on any atom is 0.350 e. The average molecular weight is 300 g/mol. The summed E-state index contributed by atoms with van der Waals surface area (Å²) in [7, 11) is 0. The Labute approximate surface area is 122 Å². The monoisotopic (exact) mass is 300 g/mol. The summed E-state index contributed by atoms with van der Waals surface area (Å²) in [5, 5.41) is 3.63. The van der Waals surface area contributed by atoms with Crippen molar-refractivity contribution in [3.63, 3.8) is 0 Å². The van der Waals surface area contributed by atoms with Gasteiger partial charge >= 0.3 is 11.9 Å². The van der Waals surface area contributed by atoms with Crippen LogP contribution in [0.4, 0.5) is 10.7 Å². The molecule has 20 heavy (non-hydrogen) atoms. The van der Waals surface area contributed by atoms with Gasteiger partial charge in [0.1, 0.15) is 15.4 Å². The van der Waals surface area contributed by atoms with Gasteiger partial charge in [-0.15, -0.1) is 11.3 Å². The first kappa shape index (κ1) is 16.3. The predicted octanol–water partition coefficient (Wildman–Crippen LogP) is 2.50. The number of nitrogens with one attached hydrogen (secondary N) is 1. The van der Waals surface area contributed by atoms with Crippen LogP contribution in [0.5, 0.6) is 0 Å². The summed E-state index contributed by atoms with van der Waals surface area (Å²) in [6.45, 7) is 7.76. The van der Waals surface area contributed by atoms with E-state index in [1.165, 1.54) is 0 Å². The second-order valence-corrected chi connectivity index (χ2v) is 5.31. The molecular formula is C13H20N2O4S. The van der Waals surface area contributed by atoms with Crippen molar-refractivity contribution < 1.29 is 19.1 Å². The minimum Gasteiger partial charge on any atom is -0.462 e. The molecule has 3 N–H and O–H groups in total. The molecule has 0 radical (unpaired) electrons. The molecule has 6 nitrogen and oxygen atoms in total. The van der Waals surface area contributed by atoms with Crippen molar-refractivity contribution in [1.29, 1.82) is 0 Å². The number of anilines is 2. The summed E-state index contributed by atoms with van der Waals surface area (Å²) in [6, 6.07) is 0.0938. The van der Waals surface area contributed by atoms with Crippen molar-refractivity contribution in [1.82, 2.24) is 0 Å². The predicted molar refractivity (Wildman–Crippen MR) is 79.4 cm³/mol. The molecule has 0 aliphatic heterocycles. The molecule has 0 aliphatic carbocycles. The van der Waals surface area contributed by atoms with Crippen LogP contribution in [0.15, 0.2) is 0 Å². The number of nitrogens with two attached hydrogens (primary N) is 1. The molecule has 0 bridgehead atoms. The molecule has 1 heterocycles. The Bertz CT molecular complexity index is 497. The molecule has 0 saturated heterocycles. The van der Waals surface area contributed by atoms with Gasteiger partial charge in [0.25, 0.3) is 0 Å². The Morgan fingerprint density at radius 3 is 2.25 bits per heavy atom. The summed E-state index contributed by atoms with van der Waals surface area (Å²) >= 11 is 1.11. The molecule has 1 aromatic heterocycles. The number of hydrogen-bond donors (Lipinski definition) is 2. The lowest BCUT2D eigenvalue weighted by Crippen LogP contribution is -2.14. The molecule has 0 fully saturated rings. The van der Waals surface area contributed by atoms with Gasteiger partial charge in [0.2, 0.25) is 0 Å². The highest BCUT2D eigenvalue weighted by Gasteiger charge is 2.27. The van der Waals surface area contributed by atoms with Crippen LogP contribution in [0.1, 0.15) is 47.7 Å². The summed E-state index contributed by atoms with van der Waals surface area (Å²) in [4.78, 5) is 24.0. The van der Waals surface area contributed by atoms with Crippen molar-refractivity contribution in [2.45, 2.75) is 33.7 Å². The molecular weight excluding hydrogens is 280 g/mol. The zero-order chi connectivity index (χ0) is 15.3. The Balaban J connectivity index is 3.23. The molecule has 0 unspecified atom stereocenters. The molecule has 1 rings (SSSR count). The summed E-state index contributed by atoms with van der Waals surface area (Å²) in [5.41, 5.74) is 6.22. The van der Waals surface area contributed by atoms with E-state index in [0.717, 1.165) is 11.3 Å². The normalized spacial score (nSPS) is 10.4. The van der Waals surface area contributed by atoms with E-state index in [9.17, 15) is 9.59 Å². The van der Waals surface area contributed by atoms with Gasteiger partial charge in [-0.05, 0) is 27.7 Å². The minimum absolute atomic E-state index is 0.0938. The minimum atomic E-state index is -0.542. The van der Waals surface area contributed by atoms with Gasteiger partial charge in [0.05, 0.1) is 18.9 Å². The van der Waals surface area contributed by atoms with Crippen LogP contribution in [-0.4, -0.2) is 31.2 Å². The molecule has 7 heteroatoms. The molecule has 0 spiro atoms. The fraction of sp³-hybridized carbons (Fsp3) is 0.538. The molecule has 112 valence electrons. The second kappa shape index (κ2) is 7.14. The van der Waals surface area contributed by atoms with E-state index in [-0.39, 0.29) is 35.4 Å². The quantitative estimate of drug-likeness (QED) is 0.784. The zero-order valence-corrected chi connectivity index (χ0v) is 12.9. The summed E-state index contributed by atoms with van der Waals surface area (Å²) in [6.07, 6.45) is 0. The van der Waals surface area contributed by atoms with Gasteiger partial charge < -0.3 is 20.5 Å². The lowest BCUT2D eigenvalue weighted by atomic mass is 10.2. The largest absolute Gasteiger partial charge is 0.462 e. The third-order valence-corrected chi connectivity index (χ3v) is 3.42. The number of carbonyl (C=O) groups excluding carboxylic acids is 2. The van der Waals surface area contributed by atoms with E-state index in [2.05, 4.69) is 5.32 Å². The first-order valence-corrected chi connectivity index (χ1v) is 7.26. The first-order chi connectivity index (χ1) is 9.42. The summed E-state index contributed by atoms with van der Waals surface area (Å²) in [5.74, 6) is -1.07. The third kappa shape index (κ3) is 3.63. The Kier molecular flexibility index (Phi) is 5.82. The van der Waals surface area contributed by atoms with Crippen LogP contribution < -0.4 is 11.1 Å². The van der Waals surface area contributed by atoms with E-state index >= 15 is 0 Å². The third-order valence-electron chi connectivity index (χ3n) is 2.31. The number of thiophene rings is 1. The topological polar surface area (TPSA) is 90.6 Å². The van der Waals surface area contributed by atoms with Gasteiger partial charge in [-0.2, -0.15) is 0 Å². The molecule has 0 atom stereocenters. The Morgan fingerprint density at radius 1 is 1.20 bits per heavy atom. The van der Waals surface area contributed by atoms with E-state index < -0.39 is 11.9 Å². The highest BCUT2D eigenvalue weighted by atomic mass is 32.1. The van der Waals surface area contributed by atoms with Crippen molar-refractivity contribution in [2.75, 3.05) is 24.3 Å². The standard InChI is InChI=1S/C13H20N2O4S/c1-5-18-12(16)8-9(14)10(13(17)19-6-2)20-11(8)15-7(3)4/h7,15H,5-6,14H2,1-4H3. The fourth-order valence-electron chi connectivity index (χ4n) is 1.56. The maximum absolute atomic E-state index is 12.0. The number of esters is 2. The van der Waals surface area contributed by atoms with Crippen LogP contribution in [0, 0.1) is 0 Å². The van der Waals surface area contributed by atoms with E-state index in [0.29, 0.717) is 5.00 Å². The number of carbonyl (C=O) groups is 2. The Morgan fingerprint density at radius 2 is 1.75 bits per heavy atom. The van der Waals surface area contributed by atoms with Gasteiger partial charge in [-0.3, -0.25) is 0 Å². The smallest absolute Gasteiger partial charge is 0.350 e. The second-order valence-electron chi connectivity index (χ2n) is 4.29. The molecule has 0 saturated carbocycles. The van der Waals surface area contributed by atoms with Crippen molar-refractivity contribution in [3.8, 4) is 0 Å². The van der Waals surface area contributed by atoms with E-state index in [1.807, 2.05) is 13.8 Å². The molecule has 0 aromatic carbocycles. The Hall–Kier alpha value is -1.76. The van der Waals surface area contributed by atoms with Gasteiger partial charge in [-0.25, -0.2) is 9.59 Å². The maximum atomic E-state index is 12.0. The van der Waals surface area contributed by atoms with Crippen molar-refractivity contribution in [3.05, 3.63) is 10.4 Å². The highest BCUT2D eigenvalue weighted by Crippen LogP contribution is 2.37. The van der Waals surface area contributed by atoms with Crippen LogP contribution >= 0.6 is 11.3 Å². The number of ether oxygens (including phenoxy) is 2. The lowest BCUT2D eigenvalue weighted by Gasteiger charge is -2.10. The lowest BCUT2D eigenvalue weighted by molar-refractivity contribution is 0.0528. The van der Waals surface area contributed by atoms with Crippen molar-refractivity contribution >= 4 is 34.0 Å². The van der Waals surface area contributed by atoms with Crippen LogP contribution in [0.2, 0.25) is 0 Å². The van der Waals surface area contributed by atoms with E-state index in [4.69, 9.17) is 15.2 Å². The van der Waals surface area contributed by atoms with Crippen LogP contribution in [-0.2, 0) is 9.47 Å². The highest BCUT2D eigenvalue weighted by molar-refractivity contribution is 7.19. The van der Waals surface area contributed by atoms with Gasteiger partial charge in [-0.1, -0.05) is 0 Å². The number of rotatable bonds is 6. The number of nitrogen functional groups attached to an aromatic ring is 1. The average Bonchev–Trinajstić information content (AvgIpc) is 2.66. The molecule has 1 aromatic rings. The SMILES string of the molecule is CCOC(=O)c1sc(NC(C)C)c(C(=O)OCC)c1N. The van der Waals surface area contributed by atoms with Gasteiger partial charge in [0.15, 0.2) is 0 Å². The van der Waals surface area contributed by atoms with Crippen LogP contribution in [0.25, 0.3) is 0 Å². The van der Waals surface area contributed by atoms with Crippen molar-refractivity contribution in [2.24, 2.45) is 0 Å². The number of hydrogen-bond acceptors (Lipinski definition) is 7. The summed E-state index contributed by atoms with van der Waals surface area (Å²) < 4.78 is 9.91.